The summed E-state index contributed by atoms with van der Waals surface area (Å²) < 4.78 is 5.46. The molecule has 4 N–H and O–H groups in total. The van der Waals surface area contributed by atoms with Crippen LogP contribution < -0.4 is 10.6 Å². The Kier molecular flexibility index (Phi) is 22.6. The van der Waals surface area contributed by atoms with Gasteiger partial charge in [-0.2, -0.15) is 11.8 Å². The molecule has 0 spiro atoms. The molecule has 0 fully saturated rings. The van der Waals surface area contributed by atoms with E-state index < -0.39 is 23.7 Å². The highest BCUT2D eigenvalue weighted by molar-refractivity contribution is 7.98. The summed E-state index contributed by atoms with van der Waals surface area (Å²) in [5, 5.41) is 25.8. The van der Waals surface area contributed by atoms with E-state index in [9.17, 15) is 19.8 Å². The lowest BCUT2D eigenvalue weighted by Gasteiger charge is -2.30. The Hall–Kier alpha value is -2.13. The van der Waals surface area contributed by atoms with Crippen LogP contribution in [0.15, 0.2) is 60.8 Å². The first-order valence-electron chi connectivity index (χ1n) is 13.5. The summed E-state index contributed by atoms with van der Waals surface area (Å²) >= 11 is 1.64. The zero-order valence-electron chi connectivity index (χ0n) is 23.7. The molecule has 0 saturated heterocycles. The van der Waals surface area contributed by atoms with E-state index in [0.717, 1.165) is 37.9 Å². The van der Waals surface area contributed by atoms with E-state index in [-0.39, 0.29) is 25.5 Å². The predicted octanol–water partition coefficient (Wildman–Crippen LogP) is 4.84. The highest BCUT2D eigenvalue weighted by Crippen LogP contribution is 2.22. The fourth-order valence-electron chi connectivity index (χ4n) is 3.05. The molecule has 0 rings (SSSR count). The largest absolute Gasteiger partial charge is 0.383 e. The third-order valence-electron chi connectivity index (χ3n) is 5.41. The lowest BCUT2D eigenvalue weighted by molar-refractivity contribution is -0.152. The van der Waals surface area contributed by atoms with Gasteiger partial charge in [0.05, 0.1) is 6.61 Å². The monoisotopic (exact) mass is 550 g/mol. The fourth-order valence-corrected chi connectivity index (χ4v) is 3.36. The molecule has 0 aliphatic carbocycles. The van der Waals surface area contributed by atoms with Crippen LogP contribution in [0, 0.1) is 5.41 Å². The third-order valence-corrected chi connectivity index (χ3v) is 6.02. The Labute approximate surface area is 234 Å². The highest BCUT2D eigenvalue weighted by atomic mass is 32.2. The first-order valence-corrected chi connectivity index (χ1v) is 14.9. The average molecular weight is 551 g/mol. The second kappa shape index (κ2) is 23.9. The molecule has 0 bridgehead atoms. The van der Waals surface area contributed by atoms with Gasteiger partial charge in [0.2, 0.25) is 11.8 Å². The van der Waals surface area contributed by atoms with Gasteiger partial charge in [0.1, 0.15) is 6.10 Å². The number of carbonyl (C=O) groups is 2. The molecule has 2 amide bonds. The molecule has 0 aromatic rings. The summed E-state index contributed by atoms with van der Waals surface area (Å²) in [7, 11) is 0. The van der Waals surface area contributed by atoms with Crippen molar-refractivity contribution in [2.75, 3.05) is 31.7 Å². The normalized spacial score (nSPS) is 14.4. The van der Waals surface area contributed by atoms with Gasteiger partial charge in [0, 0.05) is 37.1 Å². The lowest BCUT2D eigenvalue weighted by atomic mass is 9.87. The van der Waals surface area contributed by atoms with Gasteiger partial charge in [-0.1, -0.05) is 81.5 Å². The molecule has 0 aromatic heterocycles. The maximum atomic E-state index is 12.3. The number of hydrogen-bond donors (Lipinski definition) is 4. The van der Waals surface area contributed by atoms with Crippen molar-refractivity contribution in [1.82, 2.24) is 10.6 Å². The average Bonchev–Trinajstić information content (AvgIpc) is 2.89. The van der Waals surface area contributed by atoms with Crippen molar-refractivity contribution < 1.29 is 24.5 Å². The van der Waals surface area contributed by atoms with Crippen LogP contribution in [-0.2, 0) is 14.3 Å². The van der Waals surface area contributed by atoms with Crippen molar-refractivity contribution in [2.45, 2.75) is 78.1 Å². The summed E-state index contributed by atoms with van der Waals surface area (Å²) in [6, 6.07) is 0. The van der Waals surface area contributed by atoms with E-state index in [1.807, 2.05) is 18.4 Å². The Morgan fingerprint density at radius 3 is 1.89 bits per heavy atom. The lowest BCUT2D eigenvalue weighted by Crippen LogP contribution is -2.47. The molecule has 0 aliphatic heterocycles. The molecule has 0 aliphatic rings. The number of ether oxygens (including phenoxy) is 1. The number of aliphatic hydroxyl groups is 2. The summed E-state index contributed by atoms with van der Waals surface area (Å²) in [4.78, 5) is 24.0. The molecule has 2 atom stereocenters. The Morgan fingerprint density at radius 1 is 0.842 bits per heavy atom. The van der Waals surface area contributed by atoms with E-state index in [2.05, 4.69) is 66.2 Å². The standard InChI is InChI=1S/C30H50N2O5S/c1-5-6-7-8-9-10-11-12-13-14-15-16-17-18-19-20-27(34)37-25-30(2,3)28(35)29(36)32-22-21-26(33)31-23-24-38-4/h6-7,9-10,12-13,15-16,18-19,27-28,34-35H,5,8,11,14,17,20-25H2,1-4H3,(H,31,33)(H,32,36). The number of nitrogens with one attached hydrogen (secondary N) is 2. The fraction of sp³-hybridized carbons (Fsp3) is 0.600. The van der Waals surface area contributed by atoms with Crippen molar-refractivity contribution in [1.29, 1.82) is 0 Å². The molecule has 2 unspecified atom stereocenters. The van der Waals surface area contributed by atoms with Gasteiger partial charge < -0.3 is 25.6 Å². The molecule has 0 aromatic carbocycles. The van der Waals surface area contributed by atoms with Gasteiger partial charge in [-0.3, -0.25) is 9.59 Å². The minimum atomic E-state index is -1.33. The van der Waals surface area contributed by atoms with Crippen LogP contribution in [0.1, 0.15) is 65.7 Å². The number of hydrogen-bond acceptors (Lipinski definition) is 6. The van der Waals surface area contributed by atoms with Crippen molar-refractivity contribution in [3.05, 3.63) is 60.8 Å². The molecule has 0 saturated carbocycles. The molecule has 8 heteroatoms. The van der Waals surface area contributed by atoms with Crippen molar-refractivity contribution >= 4 is 23.6 Å². The second-order valence-electron chi connectivity index (χ2n) is 9.48. The maximum absolute atomic E-state index is 12.3. The summed E-state index contributed by atoms with van der Waals surface area (Å²) in [5.74, 6) is 0.121. The molecule has 7 nitrogen and oxygen atoms in total. The van der Waals surface area contributed by atoms with Gasteiger partial charge in [-0.05, 0) is 38.4 Å². The minimum Gasteiger partial charge on any atom is -0.383 e. The van der Waals surface area contributed by atoms with Crippen LogP contribution in [-0.4, -0.2) is 66.1 Å². The third kappa shape index (κ3) is 20.9. The SMILES string of the molecule is CCC=CCC=CCC=CCC=CCC=CCC(O)OCC(C)(C)C(O)C(=O)NCCC(=O)NCCSC. The van der Waals surface area contributed by atoms with Crippen LogP contribution in [0.5, 0.6) is 0 Å². The second-order valence-corrected chi connectivity index (χ2v) is 10.5. The summed E-state index contributed by atoms with van der Waals surface area (Å²) in [6.45, 7) is 6.24. The van der Waals surface area contributed by atoms with E-state index in [1.165, 1.54) is 0 Å². The molecule has 216 valence electrons. The van der Waals surface area contributed by atoms with Crippen molar-refractivity contribution in [2.24, 2.45) is 5.41 Å². The van der Waals surface area contributed by atoms with Gasteiger partial charge in [-0.25, -0.2) is 0 Å². The smallest absolute Gasteiger partial charge is 0.249 e. The zero-order valence-corrected chi connectivity index (χ0v) is 24.6. The van der Waals surface area contributed by atoms with Gasteiger partial charge >= 0.3 is 0 Å². The molecular weight excluding hydrogens is 500 g/mol. The van der Waals surface area contributed by atoms with Crippen LogP contribution >= 0.6 is 11.8 Å². The van der Waals surface area contributed by atoms with E-state index >= 15 is 0 Å². The first kappa shape index (κ1) is 35.9. The minimum absolute atomic E-state index is 0.00261. The van der Waals surface area contributed by atoms with Crippen LogP contribution in [0.2, 0.25) is 0 Å². The predicted molar refractivity (Wildman–Crippen MR) is 160 cm³/mol. The number of amides is 2. The quantitative estimate of drug-likeness (QED) is 0.0873. The van der Waals surface area contributed by atoms with Crippen molar-refractivity contribution in [3.63, 3.8) is 0 Å². The molecular formula is C30H50N2O5S. The van der Waals surface area contributed by atoms with Crippen LogP contribution in [0.3, 0.4) is 0 Å². The number of thioether (sulfide) groups is 1. The topological polar surface area (TPSA) is 108 Å². The summed E-state index contributed by atoms with van der Waals surface area (Å²) in [5.41, 5.74) is -0.909. The number of aliphatic hydroxyl groups excluding tert-OH is 2. The Balaban J connectivity index is 4.07. The first-order chi connectivity index (χ1) is 18.2. The zero-order chi connectivity index (χ0) is 28.5. The number of allylic oxidation sites excluding steroid dienone is 9. The molecule has 38 heavy (non-hydrogen) atoms. The number of rotatable bonds is 22. The number of carbonyl (C=O) groups excluding carboxylic acids is 2. The van der Waals surface area contributed by atoms with Crippen LogP contribution in [0.4, 0.5) is 0 Å². The van der Waals surface area contributed by atoms with Crippen LogP contribution in [0.25, 0.3) is 0 Å². The molecule has 0 heterocycles. The Morgan fingerprint density at radius 2 is 1.37 bits per heavy atom. The van der Waals surface area contributed by atoms with E-state index in [0.29, 0.717) is 13.0 Å². The van der Waals surface area contributed by atoms with Gasteiger partial charge in [0.25, 0.3) is 0 Å². The molecule has 0 radical (unpaired) electrons. The van der Waals surface area contributed by atoms with Crippen molar-refractivity contribution in [3.8, 4) is 0 Å². The van der Waals surface area contributed by atoms with E-state index in [4.69, 9.17) is 4.74 Å². The van der Waals surface area contributed by atoms with Gasteiger partial charge in [-0.15, -0.1) is 0 Å². The van der Waals surface area contributed by atoms with Gasteiger partial charge in [0.15, 0.2) is 6.29 Å². The highest BCUT2D eigenvalue weighted by Gasteiger charge is 2.34. The Bertz CT molecular complexity index is 775. The maximum Gasteiger partial charge on any atom is 0.249 e. The van der Waals surface area contributed by atoms with E-state index in [1.54, 1.807) is 25.6 Å². The summed E-state index contributed by atoms with van der Waals surface area (Å²) in [6.07, 6.45) is 25.7.